The molecule has 3 heterocycles. The molecule has 2 aliphatic rings. The fraction of sp³-hybridized carbons (Fsp3) is 0.619. The molecule has 168 valence electrons. The van der Waals surface area contributed by atoms with Gasteiger partial charge in [0, 0.05) is 32.3 Å². The zero-order valence-electron chi connectivity index (χ0n) is 17.9. The highest BCUT2D eigenvalue weighted by molar-refractivity contribution is 6.01. The van der Waals surface area contributed by atoms with Crippen LogP contribution < -0.4 is 16.2 Å². The molecule has 2 aromatic rings. The Labute approximate surface area is 179 Å². The third-order valence-corrected chi connectivity index (χ3v) is 5.71. The number of fused-ring (bicyclic) bond motifs is 1. The molecule has 0 atom stereocenters. The van der Waals surface area contributed by atoms with E-state index >= 15 is 0 Å². The lowest BCUT2D eigenvalue weighted by Gasteiger charge is -2.22. The van der Waals surface area contributed by atoms with E-state index in [0.717, 1.165) is 30.2 Å². The number of aromatic nitrogens is 3. The lowest BCUT2D eigenvalue weighted by Crippen LogP contribution is -2.35. The highest BCUT2D eigenvalue weighted by Crippen LogP contribution is 2.24. The van der Waals surface area contributed by atoms with Crippen LogP contribution in [0.15, 0.2) is 11.0 Å². The van der Waals surface area contributed by atoms with Crippen LogP contribution in [0.1, 0.15) is 60.2 Å². The first kappa shape index (κ1) is 21.4. The van der Waals surface area contributed by atoms with Crippen LogP contribution in [0.3, 0.4) is 0 Å². The summed E-state index contributed by atoms with van der Waals surface area (Å²) < 4.78 is 7.82. The SMILES string of the molecule is CC(C)Cn1c(O)c(C(=O)NC2CC2)c(=O)n2ncc(C(=O)NCC3CCOCC3)c12. The molecule has 3 N–H and O–H groups in total. The number of carbonyl (C=O) groups excluding carboxylic acids is 2. The van der Waals surface area contributed by atoms with Gasteiger partial charge in [0.2, 0.25) is 5.88 Å². The second-order valence-electron chi connectivity index (χ2n) is 8.82. The van der Waals surface area contributed by atoms with Crippen LogP contribution in [0.5, 0.6) is 5.88 Å². The Morgan fingerprint density at radius 2 is 1.94 bits per heavy atom. The molecule has 1 saturated heterocycles. The van der Waals surface area contributed by atoms with Gasteiger partial charge in [0.1, 0.15) is 5.56 Å². The Bertz CT molecular complexity index is 1050. The predicted molar refractivity (Wildman–Crippen MR) is 112 cm³/mol. The van der Waals surface area contributed by atoms with Gasteiger partial charge in [0.05, 0.1) is 6.20 Å². The van der Waals surface area contributed by atoms with Crippen molar-refractivity contribution in [2.75, 3.05) is 19.8 Å². The largest absolute Gasteiger partial charge is 0.494 e. The third kappa shape index (κ3) is 4.43. The van der Waals surface area contributed by atoms with E-state index < -0.39 is 17.3 Å². The molecule has 0 unspecified atom stereocenters. The predicted octanol–water partition coefficient (Wildman–Crippen LogP) is 0.906. The number of carbonyl (C=O) groups is 2. The van der Waals surface area contributed by atoms with Gasteiger partial charge in [0.25, 0.3) is 17.4 Å². The molecule has 10 nitrogen and oxygen atoms in total. The zero-order valence-corrected chi connectivity index (χ0v) is 17.9. The van der Waals surface area contributed by atoms with E-state index in [1.807, 2.05) is 13.8 Å². The van der Waals surface area contributed by atoms with Gasteiger partial charge in [-0.25, -0.2) is 0 Å². The van der Waals surface area contributed by atoms with Crippen LogP contribution in [0.4, 0.5) is 0 Å². The van der Waals surface area contributed by atoms with Gasteiger partial charge in [-0.3, -0.25) is 19.0 Å². The van der Waals surface area contributed by atoms with Crippen molar-refractivity contribution < 1.29 is 19.4 Å². The number of nitrogens with zero attached hydrogens (tertiary/aromatic N) is 3. The van der Waals surface area contributed by atoms with Crippen molar-refractivity contribution in [1.29, 1.82) is 0 Å². The molecule has 0 bridgehead atoms. The number of amides is 2. The topological polar surface area (TPSA) is 127 Å². The van der Waals surface area contributed by atoms with Gasteiger partial charge >= 0.3 is 0 Å². The minimum atomic E-state index is -0.742. The normalized spacial score (nSPS) is 17.3. The second kappa shape index (κ2) is 8.70. The van der Waals surface area contributed by atoms with Gasteiger partial charge < -0.3 is 20.5 Å². The molecular weight excluding hydrogens is 402 g/mol. The summed E-state index contributed by atoms with van der Waals surface area (Å²) in [6.45, 7) is 6.07. The molecule has 31 heavy (non-hydrogen) atoms. The monoisotopic (exact) mass is 431 g/mol. The molecule has 2 aromatic heterocycles. The minimum absolute atomic E-state index is 0.0321. The number of nitrogens with one attached hydrogen (secondary N) is 2. The molecule has 0 spiro atoms. The fourth-order valence-electron chi connectivity index (χ4n) is 3.85. The van der Waals surface area contributed by atoms with E-state index in [1.54, 1.807) is 0 Å². The Morgan fingerprint density at radius 1 is 1.23 bits per heavy atom. The quantitative estimate of drug-likeness (QED) is 0.598. The average Bonchev–Trinajstić information content (AvgIpc) is 3.43. The number of rotatable bonds is 7. The summed E-state index contributed by atoms with van der Waals surface area (Å²) in [6, 6.07) is 0.0321. The van der Waals surface area contributed by atoms with Gasteiger partial charge in [0.15, 0.2) is 11.2 Å². The average molecular weight is 431 g/mol. The summed E-state index contributed by atoms with van der Waals surface area (Å²) in [5.41, 5.74) is -0.718. The van der Waals surface area contributed by atoms with E-state index in [4.69, 9.17) is 4.74 Å². The summed E-state index contributed by atoms with van der Waals surface area (Å²) >= 11 is 0. The maximum atomic E-state index is 13.0. The van der Waals surface area contributed by atoms with E-state index in [0.29, 0.717) is 32.2 Å². The lowest BCUT2D eigenvalue weighted by molar-refractivity contribution is 0.0643. The molecule has 0 aromatic carbocycles. The van der Waals surface area contributed by atoms with Crippen LogP contribution in [0.2, 0.25) is 0 Å². The Balaban J connectivity index is 1.71. The Morgan fingerprint density at radius 3 is 2.58 bits per heavy atom. The molecule has 4 rings (SSSR count). The number of hydrogen-bond acceptors (Lipinski definition) is 6. The van der Waals surface area contributed by atoms with Gasteiger partial charge in [-0.1, -0.05) is 13.8 Å². The summed E-state index contributed by atoms with van der Waals surface area (Å²) in [6.07, 6.45) is 4.79. The van der Waals surface area contributed by atoms with Crippen molar-refractivity contribution in [3.8, 4) is 5.88 Å². The van der Waals surface area contributed by atoms with Crippen molar-refractivity contribution in [2.45, 2.75) is 52.1 Å². The first-order valence-corrected chi connectivity index (χ1v) is 10.9. The molecule has 1 aliphatic carbocycles. The van der Waals surface area contributed by atoms with Crippen LogP contribution in [-0.2, 0) is 11.3 Å². The number of aromatic hydroxyl groups is 1. The smallest absolute Gasteiger partial charge is 0.291 e. The van der Waals surface area contributed by atoms with Gasteiger partial charge in [-0.05, 0) is 37.5 Å². The molecular formula is C21H29N5O5. The van der Waals surface area contributed by atoms with Crippen molar-refractivity contribution in [2.24, 2.45) is 11.8 Å². The minimum Gasteiger partial charge on any atom is -0.494 e. The Kier molecular flexibility index (Phi) is 5.99. The summed E-state index contributed by atoms with van der Waals surface area (Å²) in [7, 11) is 0. The van der Waals surface area contributed by atoms with Crippen LogP contribution >= 0.6 is 0 Å². The van der Waals surface area contributed by atoms with Crippen molar-refractivity contribution in [1.82, 2.24) is 24.8 Å². The van der Waals surface area contributed by atoms with E-state index in [2.05, 4.69) is 15.7 Å². The molecule has 2 amide bonds. The summed E-state index contributed by atoms with van der Waals surface area (Å²) in [5, 5.41) is 20.6. The highest BCUT2D eigenvalue weighted by atomic mass is 16.5. The van der Waals surface area contributed by atoms with E-state index in [-0.39, 0.29) is 34.6 Å². The van der Waals surface area contributed by atoms with E-state index in [1.165, 1.54) is 10.8 Å². The maximum Gasteiger partial charge on any atom is 0.291 e. The molecule has 1 saturated carbocycles. The van der Waals surface area contributed by atoms with Gasteiger partial charge in [-0.15, -0.1) is 0 Å². The van der Waals surface area contributed by atoms with Gasteiger partial charge in [-0.2, -0.15) is 9.61 Å². The lowest BCUT2D eigenvalue weighted by atomic mass is 10.0. The van der Waals surface area contributed by atoms with Crippen LogP contribution in [-0.4, -0.2) is 56.9 Å². The molecule has 0 radical (unpaired) electrons. The standard InChI is InChI=1S/C21H29N5O5/c1-12(2)11-25-19-15(17(27)22-9-13-5-7-31-8-6-13)10-23-26(19)21(30)16(20(25)29)18(28)24-14-3-4-14/h10,12-14,29H,3-9,11H2,1-2H3,(H,22,27)(H,24,28). The van der Waals surface area contributed by atoms with Crippen LogP contribution in [0, 0.1) is 11.8 Å². The number of hydrogen-bond donors (Lipinski definition) is 3. The second-order valence-corrected chi connectivity index (χ2v) is 8.82. The van der Waals surface area contributed by atoms with Crippen molar-refractivity contribution in [3.63, 3.8) is 0 Å². The molecule has 10 heteroatoms. The zero-order chi connectivity index (χ0) is 22.1. The Hall–Kier alpha value is -2.88. The first-order chi connectivity index (χ1) is 14.9. The highest BCUT2D eigenvalue weighted by Gasteiger charge is 2.31. The fourth-order valence-corrected chi connectivity index (χ4v) is 3.85. The molecule has 1 aliphatic heterocycles. The van der Waals surface area contributed by atoms with Crippen molar-refractivity contribution in [3.05, 3.63) is 27.7 Å². The van der Waals surface area contributed by atoms with Crippen molar-refractivity contribution >= 4 is 17.5 Å². The summed E-state index contributed by atoms with van der Waals surface area (Å²) in [4.78, 5) is 38.5. The summed E-state index contributed by atoms with van der Waals surface area (Å²) in [5.74, 6) is -1.00. The maximum absolute atomic E-state index is 13.0. The van der Waals surface area contributed by atoms with Crippen LogP contribution in [0.25, 0.3) is 5.65 Å². The van der Waals surface area contributed by atoms with E-state index in [9.17, 15) is 19.5 Å². The number of ether oxygens (including phenoxy) is 1. The third-order valence-electron chi connectivity index (χ3n) is 5.71. The first-order valence-electron chi connectivity index (χ1n) is 10.9. The molecule has 2 fully saturated rings.